The number of hydrogen-bond donors (Lipinski definition) is 1. The molecule has 0 unspecified atom stereocenters. The second-order valence-corrected chi connectivity index (χ2v) is 5.35. The molecule has 1 amide bonds. The van der Waals surface area contributed by atoms with Crippen molar-refractivity contribution in [3.8, 4) is 5.75 Å². The second kappa shape index (κ2) is 5.11. The Morgan fingerprint density at radius 1 is 1.47 bits per heavy atom. The molecule has 2 aliphatic rings. The molecule has 0 aromatic heterocycles. The quantitative estimate of drug-likeness (QED) is 0.900. The number of hydrogen-bond acceptors (Lipinski definition) is 3. The van der Waals surface area contributed by atoms with Gasteiger partial charge in [-0.25, -0.2) is 0 Å². The molecule has 1 saturated carbocycles. The highest BCUT2D eigenvalue weighted by Crippen LogP contribution is 2.32. The Morgan fingerprint density at radius 3 is 3.11 bits per heavy atom. The molecule has 1 aromatic carbocycles. The van der Waals surface area contributed by atoms with Crippen LogP contribution in [0.5, 0.6) is 5.75 Å². The zero-order valence-electron chi connectivity index (χ0n) is 11.3. The maximum Gasteiger partial charge on any atom is 0.260 e. The summed E-state index contributed by atoms with van der Waals surface area (Å²) in [6.07, 6.45) is 4.49. The molecule has 0 bridgehead atoms. The Kier molecular flexibility index (Phi) is 3.32. The van der Waals surface area contributed by atoms with Gasteiger partial charge in [-0.3, -0.25) is 4.79 Å². The van der Waals surface area contributed by atoms with Gasteiger partial charge in [0.2, 0.25) is 0 Å². The number of carbonyl (C=O) groups is 1. The standard InChI is InChI=1S/C15H20N2O2/c1-17(12-7-8-12)14(18)10-19-13-6-2-4-11-5-3-9-16-15(11)13/h2,4,6,12,16H,3,5,7-10H2,1H3. The average molecular weight is 260 g/mol. The largest absolute Gasteiger partial charge is 0.482 e. The third-order valence-electron chi connectivity index (χ3n) is 3.88. The molecule has 0 atom stereocenters. The van der Waals surface area contributed by atoms with Crippen molar-refractivity contribution in [2.24, 2.45) is 0 Å². The highest BCUT2D eigenvalue weighted by Gasteiger charge is 2.29. The summed E-state index contributed by atoms with van der Waals surface area (Å²) >= 11 is 0. The number of nitrogens with zero attached hydrogens (tertiary/aromatic N) is 1. The molecule has 1 heterocycles. The molecule has 0 saturated heterocycles. The molecule has 102 valence electrons. The molecule has 0 radical (unpaired) electrons. The van der Waals surface area contributed by atoms with E-state index in [2.05, 4.69) is 11.4 Å². The van der Waals surface area contributed by atoms with Crippen molar-refractivity contribution in [3.63, 3.8) is 0 Å². The van der Waals surface area contributed by atoms with Crippen LogP contribution in [0.25, 0.3) is 0 Å². The van der Waals surface area contributed by atoms with Crippen molar-refractivity contribution in [2.45, 2.75) is 31.7 Å². The Balaban J connectivity index is 1.65. The van der Waals surface area contributed by atoms with Crippen LogP contribution in [-0.2, 0) is 11.2 Å². The number of likely N-dealkylation sites (N-methyl/N-ethyl adjacent to an activating group) is 1. The molecular weight excluding hydrogens is 240 g/mol. The summed E-state index contributed by atoms with van der Waals surface area (Å²) in [5.41, 5.74) is 2.35. The van der Waals surface area contributed by atoms with E-state index in [0.29, 0.717) is 6.04 Å². The van der Waals surface area contributed by atoms with E-state index in [1.165, 1.54) is 5.56 Å². The van der Waals surface area contributed by atoms with E-state index in [4.69, 9.17) is 4.74 Å². The predicted octanol–water partition coefficient (Wildman–Crippen LogP) is 2.04. The number of amides is 1. The summed E-state index contributed by atoms with van der Waals surface area (Å²) < 4.78 is 5.71. The summed E-state index contributed by atoms with van der Waals surface area (Å²) in [6.45, 7) is 1.11. The minimum Gasteiger partial charge on any atom is -0.482 e. The Hall–Kier alpha value is -1.71. The number of anilines is 1. The smallest absolute Gasteiger partial charge is 0.260 e. The normalized spacial score (nSPS) is 17.3. The monoisotopic (exact) mass is 260 g/mol. The topological polar surface area (TPSA) is 41.6 Å². The van der Waals surface area contributed by atoms with Crippen LogP contribution in [0.3, 0.4) is 0 Å². The highest BCUT2D eigenvalue weighted by molar-refractivity contribution is 5.78. The van der Waals surface area contributed by atoms with Gasteiger partial charge in [-0.05, 0) is 37.3 Å². The Labute approximate surface area is 113 Å². The number of nitrogens with one attached hydrogen (secondary N) is 1. The highest BCUT2D eigenvalue weighted by atomic mass is 16.5. The van der Waals surface area contributed by atoms with Gasteiger partial charge in [-0.15, -0.1) is 0 Å². The Bertz CT molecular complexity index is 483. The van der Waals surface area contributed by atoms with Crippen molar-refractivity contribution in [1.82, 2.24) is 4.90 Å². The third kappa shape index (κ3) is 2.67. The van der Waals surface area contributed by atoms with E-state index in [-0.39, 0.29) is 12.5 Å². The van der Waals surface area contributed by atoms with Gasteiger partial charge in [0.25, 0.3) is 5.91 Å². The summed E-state index contributed by atoms with van der Waals surface area (Å²) in [4.78, 5) is 13.8. The van der Waals surface area contributed by atoms with Gasteiger partial charge >= 0.3 is 0 Å². The fourth-order valence-corrected chi connectivity index (χ4v) is 2.50. The van der Waals surface area contributed by atoms with Crippen molar-refractivity contribution < 1.29 is 9.53 Å². The molecule has 1 aromatic rings. The first kappa shape index (κ1) is 12.3. The lowest BCUT2D eigenvalue weighted by Gasteiger charge is -2.22. The summed E-state index contributed by atoms with van der Waals surface area (Å²) in [7, 11) is 1.86. The summed E-state index contributed by atoms with van der Waals surface area (Å²) in [5.74, 6) is 0.866. The van der Waals surface area contributed by atoms with Gasteiger partial charge in [-0.2, -0.15) is 0 Å². The number of carbonyl (C=O) groups excluding carboxylic acids is 1. The van der Waals surface area contributed by atoms with Crippen LogP contribution < -0.4 is 10.1 Å². The number of rotatable bonds is 4. The molecule has 1 fully saturated rings. The maximum absolute atomic E-state index is 11.9. The van der Waals surface area contributed by atoms with Gasteiger partial charge < -0.3 is 15.0 Å². The predicted molar refractivity (Wildman–Crippen MR) is 74.5 cm³/mol. The lowest BCUT2D eigenvalue weighted by atomic mass is 10.0. The molecule has 3 rings (SSSR count). The minimum absolute atomic E-state index is 0.0657. The summed E-state index contributed by atoms with van der Waals surface area (Å²) in [6, 6.07) is 6.49. The van der Waals surface area contributed by atoms with Gasteiger partial charge in [0, 0.05) is 19.6 Å². The molecule has 4 heteroatoms. The lowest BCUT2D eigenvalue weighted by molar-refractivity contribution is -0.132. The van der Waals surface area contributed by atoms with Gasteiger partial charge in [-0.1, -0.05) is 12.1 Å². The van der Waals surface area contributed by atoms with E-state index in [0.717, 1.165) is 43.7 Å². The molecule has 19 heavy (non-hydrogen) atoms. The first-order valence-corrected chi connectivity index (χ1v) is 7.00. The van der Waals surface area contributed by atoms with Crippen LogP contribution >= 0.6 is 0 Å². The first-order chi connectivity index (χ1) is 9.25. The fourth-order valence-electron chi connectivity index (χ4n) is 2.50. The van der Waals surface area contributed by atoms with E-state index < -0.39 is 0 Å². The van der Waals surface area contributed by atoms with E-state index in [1.807, 2.05) is 24.1 Å². The first-order valence-electron chi connectivity index (χ1n) is 7.00. The summed E-state index contributed by atoms with van der Waals surface area (Å²) in [5, 5.41) is 3.37. The zero-order valence-corrected chi connectivity index (χ0v) is 11.3. The number of benzene rings is 1. The van der Waals surface area contributed by atoms with E-state index >= 15 is 0 Å². The molecule has 1 aliphatic heterocycles. The molecule has 1 N–H and O–H groups in total. The van der Waals surface area contributed by atoms with Crippen molar-refractivity contribution in [2.75, 3.05) is 25.5 Å². The number of aryl methyl sites for hydroxylation is 1. The van der Waals surface area contributed by atoms with Crippen LogP contribution in [0.2, 0.25) is 0 Å². The molecule has 1 aliphatic carbocycles. The van der Waals surface area contributed by atoms with E-state index in [9.17, 15) is 4.79 Å². The number of ether oxygens (including phenoxy) is 1. The van der Waals surface area contributed by atoms with Crippen molar-refractivity contribution in [1.29, 1.82) is 0 Å². The number of fused-ring (bicyclic) bond motifs is 1. The SMILES string of the molecule is CN(C(=O)COc1cccc2c1NCCC2)C1CC1. The van der Waals surface area contributed by atoms with Gasteiger partial charge in [0.15, 0.2) is 6.61 Å². The van der Waals surface area contributed by atoms with E-state index in [1.54, 1.807) is 0 Å². The second-order valence-electron chi connectivity index (χ2n) is 5.35. The van der Waals surface area contributed by atoms with Crippen molar-refractivity contribution in [3.05, 3.63) is 23.8 Å². The van der Waals surface area contributed by atoms with Crippen LogP contribution in [0.15, 0.2) is 18.2 Å². The lowest BCUT2D eigenvalue weighted by Crippen LogP contribution is -2.33. The molecule has 4 nitrogen and oxygen atoms in total. The fraction of sp³-hybridized carbons (Fsp3) is 0.533. The minimum atomic E-state index is 0.0657. The zero-order chi connectivity index (χ0) is 13.2. The maximum atomic E-state index is 11.9. The van der Waals surface area contributed by atoms with Gasteiger partial charge in [0.1, 0.15) is 5.75 Å². The average Bonchev–Trinajstić information content (AvgIpc) is 3.28. The van der Waals surface area contributed by atoms with Gasteiger partial charge in [0.05, 0.1) is 5.69 Å². The number of para-hydroxylation sites is 1. The third-order valence-corrected chi connectivity index (χ3v) is 3.88. The Morgan fingerprint density at radius 2 is 2.32 bits per heavy atom. The van der Waals surface area contributed by atoms with Crippen LogP contribution in [0, 0.1) is 0 Å². The molecular formula is C15H20N2O2. The van der Waals surface area contributed by atoms with Crippen molar-refractivity contribution >= 4 is 11.6 Å². The van der Waals surface area contributed by atoms with Crippen LogP contribution in [0.1, 0.15) is 24.8 Å². The van der Waals surface area contributed by atoms with Crippen LogP contribution in [-0.4, -0.2) is 37.0 Å². The molecule has 0 spiro atoms. The van der Waals surface area contributed by atoms with Crippen LogP contribution in [0.4, 0.5) is 5.69 Å².